The lowest BCUT2D eigenvalue weighted by atomic mass is 9.90. The van der Waals surface area contributed by atoms with Crippen LogP contribution < -0.4 is 4.90 Å². The number of anilines is 1. The SMILES string of the molecule is CN(Cc1ccc(N2CCOCC2)cc1)C(=O)Cc1ccc2c(c1)CCCC2. The van der Waals surface area contributed by atoms with Crippen LogP contribution in [0.25, 0.3) is 0 Å². The summed E-state index contributed by atoms with van der Waals surface area (Å²) in [7, 11) is 1.90. The summed E-state index contributed by atoms with van der Waals surface area (Å²) in [6.07, 6.45) is 5.38. The summed E-state index contributed by atoms with van der Waals surface area (Å²) >= 11 is 0. The Morgan fingerprint density at radius 1 is 0.964 bits per heavy atom. The molecular weight excluding hydrogens is 348 g/mol. The van der Waals surface area contributed by atoms with Crippen molar-refractivity contribution in [1.82, 2.24) is 4.90 Å². The third kappa shape index (κ3) is 4.56. The van der Waals surface area contributed by atoms with E-state index in [2.05, 4.69) is 47.4 Å². The first-order chi connectivity index (χ1) is 13.7. The fraction of sp³-hybridized carbons (Fsp3) is 0.458. The molecule has 4 nitrogen and oxygen atoms in total. The third-order valence-electron chi connectivity index (χ3n) is 5.93. The summed E-state index contributed by atoms with van der Waals surface area (Å²) in [5.41, 5.74) is 6.45. The van der Waals surface area contributed by atoms with E-state index in [1.165, 1.54) is 41.6 Å². The van der Waals surface area contributed by atoms with Crippen LogP contribution in [0.3, 0.4) is 0 Å². The van der Waals surface area contributed by atoms with Crippen molar-refractivity contribution in [2.24, 2.45) is 0 Å². The number of carbonyl (C=O) groups excluding carboxylic acids is 1. The van der Waals surface area contributed by atoms with E-state index in [4.69, 9.17) is 4.74 Å². The maximum absolute atomic E-state index is 12.7. The van der Waals surface area contributed by atoms with Gasteiger partial charge in [-0.25, -0.2) is 0 Å². The van der Waals surface area contributed by atoms with E-state index in [-0.39, 0.29) is 5.91 Å². The molecule has 0 spiro atoms. The van der Waals surface area contributed by atoms with Crippen LogP contribution >= 0.6 is 0 Å². The number of nitrogens with zero attached hydrogens (tertiary/aromatic N) is 2. The molecule has 1 aliphatic heterocycles. The van der Waals surface area contributed by atoms with Gasteiger partial charge in [0, 0.05) is 32.4 Å². The normalized spacial score (nSPS) is 16.5. The molecule has 2 aromatic carbocycles. The van der Waals surface area contributed by atoms with Gasteiger partial charge in [0.2, 0.25) is 5.91 Å². The Bertz CT molecular complexity index is 810. The number of morpholine rings is 1. The van der Waals surface area contributed by atoms with Crippen LogP contribution in [0.5, 0.6) is 0 Å². The largest absolute Gasteiger partial charge is 0.378 e. The van der Waals surface area contributed by atoms with Crippen LogP contribution in [-0.4, -0.2) is 44.2 Å². The fourth-order valence-corrected chi connectivity index (χ4v) is 4.20. The van der Waals surface area contributed by atoms with E-state index in [1.54, 1.807) is 0 Å². The summed E-state index contributed by atoms with van der Waals surface area (Å²) in [5, 5.41) is 0. The minimum absolute atomic E-state index is 0.174. The van der Waals surface area contributed by atoms with Gasteiger partial charge in [0.15, 0.2) is 0 Å². The predicted octanol–water partition coefficient (Wildman–Crippen LogP) is 3.60. The number of hydrogen-bond donors (Lipinski definition) is 0. The van der Waals surface area contributed by atoms with E-state index < -0.39 is 0 Å². The number of rotatable bonds is 5. The second-order valence-electron chi connectivity index (χ2n) is 8.00. The van der Waals surface area contributed by atoms with Gasteiger partial charge in [-0.15, -0.1) is 0 Å². The Labute approximate surface area is 168 Å². The molecule has 1 saturated heterocycles. The number of amides is 1. The lowest BCUT2D eigenvalue weighted by Crippen LogP contribution is -2.36. The maximum atomic E-state index is 12.7. The lowest BCUT2D eigenvalue weighted by molar-refractivity contribution is -0.129. The number of ether oxygens (including phenoxy) is 1. The Hall–Kier alpha value is -2.33. The Kier molecular flexibility index (Phi) is 5.96. The van der Waals surface area contributed by atoms with Crippen molar-refractivity contribution in [1.29, 1.82) is 0 Å². The minimum Gasteiger partial charge on any atom is -0.378 e. The molecule has 148 valence electrons. The van der Waals surface area contributed by atoms with E-state index >= 15 is 0 Å². The monoisotopic (exact) mass is 378 g/mol. The molecule has 0 radical (unpaired) electrons. The minimum atomic E-state index is 0.174. The van der Waals surface area contributed by atoms with Gasteiger partial charge < -0.3 is 14.5 Å². The Morgan fingerprint density at radius 3 is 2.39 bits per heavy atom. The molecule has 0 bridgehead atoms. The highest BCUT2D eigenvalue weighted by Gasteiger charge is 2.15. The second-order valence-corrected chi connectivity index (χ2v) is 8.00. The number of benzene rings is 2. The highest BCUT2D eigenvalue weighted by Crippen LogP contribution is 2.23. The maximum Gasteiger partial charge on any atom is 0.227 e. The zero-order valence-electron chi connectivity index (χ0n) is 16.8. The Balaban J connectivity index is 1.34. The van der Waals surface area contributed by atoms with Gasteiger partial charge in [-0.2, -0.15) is 0 Å². The van der Waals surface area contributed by atoms with E-state index in [0.717, 1.165) is 38.3 Å². The van der Waals surface area contributed by atoms with Gasteiger partial charge >= 0.3 is 0 Å². The van der Waals surface area contributed by atoms with Crippen molar-refractivity contribution in [2.45, 2.75) is 38.6 Å². The summed E-state index contributed by atoms with van der Waals surface area (Å²) in [6.45, 7) is 4.12. The van der Waals surface area contributed by atoms with Gasteiger partial charge in [0.25, 0.3) is 0 Å². The molecule has 2 aromatic rings. The average Bonchev–Trinajstić information content (AvgIpc) is 2.75. The van der Waals surface area contributed by atoms with Crippen molar-refractivity contribution in [3.05, 3.63) is 64.7 Å². The highest BCUT2D eigenvalue weighted by atomic mass is 16.5. The van der Waals surface area contributed by atoms with Crippen LogP contribution in [0.4, 0.5) is 5.69 Å². The first kappa shape index (κ1) is 19.0. The zero-order valence-corrected chi connectivity index (χ0v) is 16.8. The molecule has 0 unspecified atom stereocenters. The van der Waals surface area contributed by atoms with E-state index in [1.807, 2.05) is 11.9 Å². The zero-order chi connectivity index (χ0) is 19.3. The third-order valence-corrected chi connectivity index (χ3v) is 5.93. The van der Waals surface area contributed by atoms with Crippen molar-refractivity contribution in [3.63, 3.8) is 0 Å². The quantitative estimate of drug-likeness (QED) is 0.797. The Morgan fingerprint density at radius 2 is 1.64 bits per heavy atom. The molecular formula is C24H30N2O2. The lowest BCUT2D eigenvalue weighted by Gasteiger charge is -2.29. The van der Waals surface area contributed by atoms with Crippen LogP contribution in [0.1, 0.15) is 35.1 Å². The van der Waals surface area contributed by atoms with Gasteiger partial charge in [-0.3, -0.25) is 4.79 Å². The average molecular weight is 379 g/mol. The molecule has 1 fully saturated rings. The van der Waals surface area contributed by atoms with E-state index in [9.17, 15) is 4.79 Å². The van der Waals surface area contributed by atoms with Gasteiger partial charge in [0.1, 0.15) is 0 Å². The van der Waals surface area contributed by atoms with Crippen LogP contribution in [0.15, 0.2) is 42.5 Å². The fourth-order valence-electron chi connectivity index (χ4n) is 4.20. The van der Waals surface area contributed by atoms with Gasteiger partial charge in [0.05, 0.1) is 19.6 Å². The second kappa shape index (κ2) is 8.78. The van der Waals surface area contributed by atoms with Crippen LogP contribution in [0, 0.1) is 0 Å². The number of carbonyl (C=O) groups is 1. The summed E-state index contributed by atoms with van der Waals surface area (Å²) in [5.74, 6) is 0.174. The summed E-state index contributed by atoms with van der Waals surface area (Å²) in [4.78, 5) is 16.9. The van der Waals surface area contributed by atoms with Crippen molar-refractivity contribution in [3.8, 4) is 0 Å². The van der Waals surface area contributed by atoms with E-state index in [0.29, 0.717) is 13.0 Å². The molecule has 1 heterocycles. The van der Waals surface area contributed by atoms with Gasteiger partial charge in [-0.05, 0) is 60.1 Å². The highest BCUT2D eigenvalue weighted by molar-refractivity contribution is 5.78. The summed E-state index contributed by atoms with van der Waals surface area (Å²) in [6, 6.07) is 15.2. The first-order valence-corrected chi connectivity index (χ1v) is 10.5. The molecule has 1 aliphatic carbocycles. The van der Waals surface area contributed by atoms with Gasteiger partial charge in [-0.1, -0.05) is 30.3 Å². The molecule has 0 saturated carbocycles. The number of fused-ring (bicyclic) bond motifs is 1. The molecule has 2 aliphatic rings. The molecule has 0 N–H and O–H groups in total. The summed E-state index contributed by atoms with van der Waals surface area (Å²) < 4.78 is 5.42. The van der Waals surface area contributed by atoms with Crippen LogP contribution in [-0.2, 0) is 35.3 Å². The standard InChI is InChI=1S/C24H30N2O2/c1-25(18-19-7-10-23(11-8-19)26-12-14-28-15-13-26)24(27)17-20-6-9-21-4-2-3-5-22(21)16-20/h6-11,16H,2-5,12-15,17-18H2,1H3. The molecule has 28 heavy (non-hydrogen) atoms. The number of hydrogen-bond acceptors (Lipinski definition) is 3. The molecule has 4 rings (SSSR count). The van der Waals surface area contributed by atoms with Crippen molar-refractivity contribution >= 4 is 11.6 Å². The first-order valence-electron chi connectivity index (χ1n) is 10.5. The topological polar surface area (TPSA) is 32.8 Å². The number of aryl methyl sites for hydroxylation is 2. The van der Waals surface area contributed by atoms with Crippen molar-refractivity contribution < 1.29 is 9.53 Å². The van der Waals surface area contributed by atoms with Crippen LogP contribution in [0.2, 0.25) is 0 Å². The number of likely N-dealkylation sites (N-methyl/N-ethyl adjacent to an activating group) is 1. The van der Waals surface area contributed by atoms with Crippen molar-refractivity contribution in [2.75, 3.05) is 38.3 Å². The smallest absolute Gasteiger partial charge is 0.227 e. The molecule has 0 aromatic heterocycles. The molecule has 4 heteroatoms. The predicted molar refractivity (Wildman–Crippen MR) is 113 cm³/mol. The molecule has 1 amide bonds. The molecule has 0 atom stereocenters.